The van der Waals surface area contributed by atoms with Crippen LogP contribution in [-0.4, -0.2) is 37.4 Å². The zero-order chi connectivity index (χ0) is 11.9. The van der Waals surface area contributed by atoms with Crippen molar-refractivity contribution in [2.75, 3.05) is 24.7 Å². The molecular formula is C10H22ClNO2S. The van der Waals surface area contributed by atoms with E-state index in [9.17, 15) is 8.42 Å². The van der Waals surface area contributed by atoms with Crippen LogP contribution in [0.2, 0.25) is 0 Å². The van der Waals surface area contributed by atoms with E-state index in [4.69, 9.17) is 11.6 Å². The Morgan fingerprint density at radius 3 is 2.00 bits per heavy atom. The van der Waals surface area contributed by atoms with E-state index in [0.717, 1.165) is 12.8 Å². The van der Waals surface area contributed by atoms with Gasteiger partial charge in [-0.15, -0.1) is 11.6 Å². The molecule has 0 N–H and O–H groups in total. The number of halogens is 1. The summed E-state index contributed by atoms with van der Waals surface area (Å²) in [5, 5.41) is 0. The molecule has 0 aromatic rings. The van der Waals surface area contributed by atoms with Crippen LogP contribution < -0.4 is 0 Å². The first-order valence-corrected chi connectivity index (χ1v) is 7.66. The third kappa shape index (κ3) is 5.73. The molecule has 0 amide bonds. The van der Waals surface area contributed by atoms with Crippen LogP contribution in [0.5, 0.6) is 0 Å². The standard InChI is InChI=1S/C10H22ClNO2S/c1-4-6-12(7-5-2)15(13,14)9-10(3)8-11/h10H,4-9H2,1-3H3. The fraction of sp³-hybridized carbons (Fsp3) is 1.00. The largest absolute Gasteiger partial charge is 0.214 e. The molecule has 1 unspecified atom stereocenters. The van der Waals surface area contributed by atoms with Gasteiger partial charge in [0.2, 0.25) is 10.0 Å². The van der Waals surface area contributed by atoms with Gasteiger partial charge in [0.15, 0.2) is 0 Å². The molecule has 15 heavy (non-hydrogen) atoms. The molecule has 0 saturated carbocycles. The van der Waals surface area contributed by atoms with E-state index in [2.05, 4.69) is 0 Å². The number of rotatable bonds is 8. The van der Waals surface area contributed by atoms with Crippen molar-refractivity contribution in [3.05, 3.63) is 0 Å². The normalized spacial score (nSPS) is 14.5. The molecule has 0 aromatic carbocycles. The van der Waals surface area contributed by atoms with E-state index in [-0.39, 0.29) is 11.7 Å². The van der Waals surface area contributed by atoms with Crippen LogP contribution in [0.1, 0.15) is 33.6 Å². The third-order valence-electron chi connectivity index (χ3n) is 2.10. The molecule has 0 saturated heterocycles. The van der Waals surface area contributed by atoms with Crippen molar-refractivity contribution in [3.63, 3.8) is 0 Å². The third-order valence-corrected chi connectivity index (χ3v) is 4.77. The van der Waals surface area contributed by atoms with Crippen LogP contribution in [0.3, 0.4) is 0 Å². The first-order chi connectivity index (χ1) is 6.97. The zero-order valence-electron chi connectivity index (χ0n) is 9.87. The van der Waals surface area contributed by atoms with Gasteiger partial charge in [0, 0.05) is 19.0 Å². The van der Waals surface area contributed by atoms with Gasteiger partial charge in [0.25, 0.3) is 0 Å². The average molecular weight is 256 g/mol. The minimum atomic E-state index is -3.11. The lowest BCUT2D eigenvalue weighted by molar-refractivity contribution is 0.406. The van der Waals surface area contributed by atoms with Crippen LogP contribution >= 0.6 is 11.6 Å². The molecule has 0 aliphatic rings. The summed E-state index contributed by atoms with van der Waals surface area (Å²) in [5.74, 6) is 0.579. The molecule has 0 bridgehead atoms. The van der Waals surface area contributed by atoms with E-state index < -0.39 is 10.0 Å². The molecule has 92 valence electrons. The smallest absolute Gasteiger partial charge is 0.212 e. The summed E-state index contributed by atoms with van der Waals surface area (Å²) >= 11 is 5.63. The summed E-state index contributed by atoms with van der Waals surface area (Å²) in [6.07, 6.45) is 1.71. The van der Waals surface area contributed by atoms with Crippen molar-refractivity contribution >= 4 is 21.6 Å². The van der Waals surface area contributed by atoms with Gasteiger partial charge in [0.1, 0.15) is 0 Å². The minimum Gasteiger partial charge on any atom is -0.212 e. The topological polar surface area (TPSA) is 37.4 Å². The van der Waals surface area contributed by atoms with Crippen molar-refractivity contribution in [1.82, 2.24) is 4.31 Å². The van der Waals surface area contributed by atoms with E-state index in [1.54, 1.807) is 4.31 Å². The predicted molar refractivity (Wildman–Crippen MR) is 65.8 cm³/mol. The molecular weight excluding hydrogens is 234 g/mol. The maximum absolute atomic E-state index is 11.9. The quantitative estimate of drug-likeness (QED) is 0.625. The molecule has 0 aromatic heterocycles. The fourth-order valence-corrected chi connectivity index (χ4v) is 3.61. The number of alkyl halides is 1. The molecule has 0 radical (unpaired) electrons. The van der Waals surface area contributed by atoms with Crippen molar-refractivity contribution in [2.45, 2.75) is 33.6 Å². The Kier molecular flexibility index (Phi) is 7.57. The highest BCUT2D eigenvalue weighted by atomic mass is 35.5. The lowest BCUT2D eigenvalue weighted by Crippen LogP contribution is -2.36. The zero-order valence-corrected chi connectivity index (χ0v) is 11.4. The van der Waals surface area contributed by atoms with Crippen molar-refractivity contribution < 1.29 is 8.42 Å². The number of sulfonamides is 1. The maximum Gasteiger partial charge on any atom is 0.214 e. The summed E-state index contributed by atoms with van der Waals surface area (Å²) in [6, 6.07) is 0. The molecule has 0 fully saturated rings. The molecule has 0 aliphatic heterocycles. The number of hydrogen-bond donors (Lipinski definition) is 0. The molecule has 0 aliphatic carbocycles. The van der Waals surface area contributed by atoms with Crippen molar-refractivity contribution in [2.24, 2.45) is 5.92 Å². The van der Waals surface area contributed by atoms with Gasteiger partial charge in [-0.05, 0) is 18.8 Å². The summed E-state index contributed by atoms with van der Waals surface area (Å²) in [4.78, 5) is 0. The first-order valence-electron chi connectivity index (χ1n) is 5.51. The molecule has 0 rings (SSSR count). The van der Waals surface area contributed by atoms with Gasteiger partial charge >= 0.3 is 0 Å². The Labute approximate surface area is 98.8 Å². The fourth-order valence-electron chi connectivity index (χ4n) is 1.40. The second kappa shape index (κ2) is 7.47. The van der Waals surface area contributed by atoms with E-state index in [1.807, 2.05) is 20.8 Å². The molecule has 5 heteroatoms. The van der Waals surface area contributed by atoms with Gasteiger partial charge < -0.3 is 0 Å². The lowest BCUT2D eigenvalue weighted by atomic mass is 10.3. The Bertz CT molecular complexity index is 248. The Hall–Kier alpha value is 0.200. The van der Waals surface area contributed by atoms with Crippen molar-refractivity contribution in [1.29, 1.82) is 0 Å². The van der Waals surface area contributed by atoms with Crippen LogP contribution in [0.15, 0.2) is 0 Å². The minimum absolute atomic E-state index is 0.0212. The summed E-state index contributed by atoms with van der Waals surface area (Å²) < 4.78 is 25.5. The Balaban J connectivity index is 4.48. The monoisotopic (exact) mass is 255 g/mol. The van der Waals surface area contributed by atoms with Crippen LogP contribution in [-0.2, 0) is 10.0 Å². The van der Waals surface area contributed by atoms with Gasteiger partial charge in [0.05, 0.1) is 5.75 Å². The molecule has 3 nitrogen and oxygen atoms in total. The van der Waals surface area contributed by atoms with Gasteiger partial charge in [-0.1, -0.05) is 20.8 Å². The number of hydrogen-bond acceptors (Lipinski definition) is 2. The van der Waals surface area contributed by atoms with Crippen LogP contribution in [0, 0.1) is 5.92 Å². The van der Waals surface area contributed by atoms with Crippen molar-refractivity contribution in [3.8, 4) is 0 Å². The Morgan fingerprint density at radius 1 is 1.20 bits per heavy atom. The maximum atomic E-state index is 11.9. The SMILES string of the molecule is CCCN(CCC)S(=O)(=O)CC(C)CCl. The predicted octanol–water partition coefficient (Wildman–Crippen LogP) is 2.31. The van der Waals surface area contributed by atoms with E-state index >= 15 is 0 Å². The molecule has 0 spiro atoms. The summed E-state index contributed by atoms with van der Waals surface area (Å²) in [7, 11) is -3.11. The van der Waals surface area contributed by atoms with E-state index in [1.165, 1.54) is 0 Å². The van der Waals surface area contributed by atoms with Gasteiger partial charge in [-0.25, -0.2) is 12.7 Å². The second-order valence-corrected chi connectivity index (χ2v) is 6.26. The molecule has 0 heterocycles. The van der Waals surface area contributed by atoms with Gasteiger partial charge in [-0.2, -0.15) is 0 Å². The van der Waals surface area contributed by atoms with E-state index in [0.29, 0.717) is 19.0 Å². The molecule has 1 atom stereocenters. The lowest BCUT2D eigenvalue weighted by Gasteiger charge is -2.22. The summed E-state index contributed by atoms with van der Waals surface area (Å²) in [6.45, 7) is 7.07. The van der Waals surface area contributed by atoms with Gasteiger partial charge in [-0.3, -0.25) is 0 Å². The highest BCUT2D eigenvalue weighted by Gasteiger charge is 2.22. The number of nitrogens with zero attached hydrogens (tertiary/aromatic N) is 1. The summed E-state index contributed by atoms with van der Waals surface area (Å²) in [5.41, 5.74) is 0. The van der Waals surface area contributed by atoms with Crippen LogP contribution in [0.25, 0.3) is 0 Å². The van der Waals surface area contributed by atoms with Crippen LogP contribution in [0.4, 0.5) is 0 Å². The Morgan fingerprint density at radius 2 is 1.67 bits per heavy atom. The first kappa shape index (κ1) is 15.2. The highest BCUT2D eigenvalue weighted by Crippen LogP contribution is 2.10. The highest BCUT2D eigenvalue weighted by molar-refractivity contribution is 7.89. The second-order valence-electron chi connectivity index (χ2n) is 3.94. The average Bonchev–Trinajstić information content (AvgIpc) is 2.16.